The Hall–Kier alpha value is -1.78. The first kappa shape index (κ1) is 17.3. The van der Waals surface area contributed by atoms with Crippen molar-refractivity contribution in [3.8, 4) is 11.5 Å². The van der Waals surface area contributed by atoms with Gasteiger partial charge in [0.05, 0.1) is 0 Å². The number of rotatable bonds is 8. The molecule has 0 aliphatic rings. The summed E-state index contributed by atoms with van der Waals surface area (Å²) in [6.45, 7) is 10.2. The van der Waals surface area contributed by atoms with Crippen LogP contribution in [0.15, 0.2) is 12.3 Å². The molecule has 0 radical (unpaired) electrons. The van der Waals surface area contributed by atoms with Crippen LogP contribution in [0, 0.1) is 6.92 Å². The van der Waals surface area contributed by atoms with Crippen LogP contribution < -0.4 is 9.30 Å². The molecule has 1 rings (SSSR count). The summed E-state index contributed by atoms with van der Waals surface area (Å²) in [4.78, 5) is 14.0. The van der Waals surface area contributed by atoms with Gasteiger partial charge in [0.15, 0.2) is 18.6 Å². The van der Waals surface area contributed by atoms with E-state index >= 15 is 0 Å². The first-order valence-electron chi connectivity index (χ1n) is 7.67. The van der Waals surface area contributed by atoms with E-state index in [1.807, 2.05) is 37.2 Å². The van der Waals surface area contributed by atoms with E-state index in [-0.39, 0.29) is 18.3 Å². The molecule has 0 aliphatic carbocycles. The summed E-state index contributed by atoms with van der Waals surface area (Å²) in [5, 5.41) is 9.91. The average molecular weight is 295 g/mol. The van der Waals surface area contributed by atoms with Gasteiger partial charge in [-0.15, -0.1) is 0 Å². The zero-order valence-electron chi connectivity index (χ0n) is 13.6. The number of carbonyl (C=O) groups is 1. The lowest BCUT2D eigenvalue weighted by molar-refractivity contribution is -0.699. The lowest BCUT2D eigenvalue weighted by Crippen LogP contribution is -2.38. The largest absolute Gasteiger partial charge is 0.504 e. The third-order valence-corrected chi connectivity index (χ3v) is 3.42. The molecule has 1 N–H and O–H groups in total. The summed E-state index contributed by atoms with van der Waals surface area (Å²) in [7, 11) is 0. The van der Waals surface area contributed by atoms with Crippen molar-refractivity contribution < 1.29 is 19.2 Å². The molecule has 1 amide bonds. The van der Waals surface area contributed by atoms with Crippen molar-refractivity contribution in [2.75, 3.05) is 19.7 Å². The molecule has 0 saturated carbocycles. The molecular formula is C16H27N2O3+. The van der Waals surface area contributed by atoms with Gasteiger partial charge in [-0.2, -0.15) is 4.57 Å². The number of aromatic nitrogens is 1. The summed E-state index contributed by atoms with van der Waals surface area (Å²) in [5.74, 6) is 0.424. The van der Waals surface area contributed by atoms with Crippen molar-refractivity contribution in [2.24, 2.45) is 0 Å². The highest BCUT2D eigenvalue weighted by atomic mass is 16.5. The molecule has 0 bridgehead atoms. The third kappa shape index (κ3) is 4.62. The van der Waals surface area contributed by atoms with Crippen LogP contribution in [-0.2, 0) is 11.3 Å². The summed E-state index contributed by atoms with van der Waals surface area (Å²) in [6.07, 6.45) is 3.66. The molecule has 0 spiro atoms. The number of pyridine rings is 1. The van der Waals surface area contributed by atoms with Crippen LogP contribution >= 0.6 is 0 Å². The Kier molecular flexibility index (Phi) is 6.99. The highest BCUT2D eigenvalue weighted by molar-refractivity contribution is 5.77. The second kappa shape index (κ2) is 8.49. The third-order valence-electron chi connectivity index (χ3n) is 3.42. The molecule has 0 saturated heterocycles. The lowest BCUT2D eigenvalue weighted by atomic mass is 10.3. The van der Waals surface area contributed by atoms with Gasteiger partial charge in [0.2, 0.25) is 11.4 Å². The summed E-state index contributed by atoms with van der Waals surface area (Å²) >= 11 is 0. The first-order chi connectivity index (χ1) is 10.0. The van der Waals surface area contributed by atoms with Gasteiger partial charge in [0.25, 0.3) is 5.91 Å². The van der Waals surface area contributed by atoms with Crippen LogP contribution in [-0.4, -0.2) is 35.6 Å². The molecule has 0 aliphatic heterocycles. The molecule has 0 fully saturated rings. The quantitative estimate of drug-likeness (QED) is 0.747. The average Bonchev–Trinajstić information content (AvgIpc) is 2.46. The van der Waals surface area contributed by atoms with Gasteiger partial charge in [-0.1, -0.05) is 13.8 Å². The zero-order valence-corrected chi connectivity index (χ0v) is 13.6. The van der Waals surface area contributed by atoms with Crippen LogP contribution in [0.2, 0.25) is 0 Å². The van der Waals surface area contributed by atoms with Crippen LogP contribution in [0.25, 0.3) is 0 Å². The van der Waals surface area contributed by atoms with Gasteiger partial charge in [0, 0.05) is 26.1 Å². The predicted molar refractivity (Wildman–Crippen MR) is 81.4 cm³/mol. The molecule has 21 heavy (non-hydrogen) atoms. The number of carbonyl (C=O) groups excluding carboxylic acids is 1. The van der Waals surface area contributed by atoms with Crippen LogP contribution in [0.1, 0.15) is 39.3 Å². The van der Waals surface area contributed by atoms with Crippen LogP contribution in [0.4, 0.5) is 0 Å². The fraction of sp³-hybridized carbons (Fsp3) is 0.625. The second-order valence-electron chi connectivity index (χ2n) is 5.07. The minimum absolute atomic E-state index is 0.0376. The minimum Gasteiger partial charge on any atom is -0.504 e. The molecule has 0 unspecified atom stereocenters. The standard InChI is InChI=1S/C16H26N2O3/c1-5-9-18(10-6-2)15(20)12-21-16-13(4)17(7-3)11-8-14(16)19/h8,11H,5-7,9-10,12H2,1-4H3/p+1. The van der Waals surface area contributed by atoms with Crippen molar-refractivity contribution in [1.29, 1.82) is 0 Å². The van der Waals surface area contributed by atoms with Gasteiger partial charge in [-0.05, 0) is 19.8 Å². The highest BCUT2D eigenvalue weighted by Crippen LogP contribution is 2.26. The van der Waals surface area contributed by atoms with Gasteiger partial charge in [-0.25, -0.2) is 0 Å². The maximum Gasteiger partial charge on any atom is 0.260 e. The molecule has 1 aromatic rings. The number of aryl methyl sites for hydroxylation is 1. The highest BCUT2D eigenvalue weighted by Gasteiger charge is 2.19. The van der Waals surface area contributed by atoms with E-state index in [0.29, 0.717) is 5.75 Å². The number of hydrogen-bond donors (Lipinski definition) is 1. The van der Waals surface area contributed by atoms with E-state index in [9.17, 15) is 9.90 Å². The maximum atomic E-state index is 12.2. The summed E-state index contributed by atoms with van der Waals surface area (Å²) < 4.78 is 7.55. The van der Waals surface area contributed by atoms with Crippen molar-refractivity contribution in [3.05, 3.63) is 18.0 Å². The fourth-order valence-corrected chi connectivity index (χ4v) is 2.31. The van der Waals surface area contributed by atoms with Crippen molar-refractivity contribution in [2.45, 2.75) is 47.1 Å². The van der Waals surface area contributed by atoms with Gasteiger partial charge in [-0.3, -0.25) is 4.79 Å². The van der Waals surface area contributed by atoms with E-state index in [1.54, 1.807) is 12.3 Å². The van der Waals surface area contributed by atoms with Crippen LogP contribution in [0.3, 0.4) is 0 Å². The van der Waals surface area contributed by atoms with Crippen molar-refractivity contribution in [3.63, 3.8) is 0 Å². The normalized spacial score (nSPS) is 10.5. The molecule has 5 heteroatoms. The second-order valence-corrected chi connectivity index (χ2v) is 5.07. The monoisotopic (exact) mass is 295 g/mol. The SMILES string of the molecule is CCCN(CCC)C(=O)COc1c(O)cc[n+](CC)c1C. The number of hydrogen-bond acceptors (Lipinski definition) is 3. The van der Waals surface area contributed by atoms with E-state index in [0.717, 1.165) is 38.2 Å². The Labute approximate surface area is 127 Å². The smallest absolute Gasteiger partial charge is 0.260 e. The fourth-order valence-electron chi connectivity index (χ4n) is 2.31. The zero-order chi connectivity index (χ0) is 15.8. The number of aromatic hydroxyl groups is 1. The Balaban J connectivity index is 2.76. The van der Waals surface area contributed by atoms with Crippen molar-refractivity contribution >= 4 is 5.91 Å². The first-order valence-corrected chi connectivity index (χ1v) is 7.67. The molecule has 1 aromatic heterocycles. The Morgan fingerprint density at radius 2 is 1.90 bits per heavy atom. The Bertz CT molecular complexity index is 469. The van der Waals surface area contributed by atoms with Crippen LogP contribution in [0.5, 0.6) is 11.5 Å². The van der Waals surface area contributed by atoms with Gasteiger partial charge in [0.1, 0.15) is 6.54 Å². The molecule has 0 atom stereocenters. The summed E-state index contributed by atoms with van der Waals surface area (Å²) in [6, 6.07) is 1.59. The van der Waals surface area contributed by atoms with E-state index in [4.69, 9.17) is 4.74 Å². The lowest BCUT2D eigenvalue weighted by Gasteiger charge is -2.21. The topological polar surface area (TPSA) is 53.7 Å². The Morgan fingerprint density at radius 3 is 2.43 bits per heavy atom. The predicted octanol–water partition coefficient (Wildman–Crippen LogP) is 2.04. The number of nitrogens with zero attached hydrogens (tertiary/aromatic N) is 2. The minimum atomic E-state index is -0.0396. The molecular weight excluding hydrogens is 268 g/mol. The van der Waals surface area contributed by atoms with Crippen molar-refractivity contribution in [1.82, 2.24) is 4.90 Å². The number of ether oxygens (including phenoxy) is 1. The molecule has 118 valence electrons. The summed E-state index contributed by atoms with van der Waals surface area (Å²) in [5.41, 5.74) is 0.822. The Morgan fingerprint density at radius 1 is 1.29 bits per heavy atom. The molecule has 1 heterocycles. The van der Waals surface area contributed by atoms with E-state index in [2.05, 4.69) is 0 Å². The van der Waals surface area contributed by atoms with Gasteiger partial charge < -0.3 is 14.7 Å². The van der Waals surface area contributed by atoms with E-state index < -0.39 is 0 Å². The van der Waals surface area contributed by atoms with Gasteiger partial charge >= 0.3 is 0 Å². The number of amides is 1. The maximum absolute atomic E-state index is 12.2. The molecule has 0 aromatic carbocycles. The molecule has 5 nitrogen and oxygen atoms in total. The van der Waals surface area contributed by atoms with E-state index in [1.165, 1.54) is 0 Å².